The third kappa shape index (κ3) is 3.61. The van der Waals surface area contributed by atoms with Crippen molar-refractivity contribution in [2.24, 2.45) is 0 Å². The summed E-state index contributed by atoms with van der Waals surface area (Å²) in [5.74, 6) is 0. The Kier molecular flexibility index (Phi) is 4.10. The summed E-state index contributed by atoms with van der Waals surface area (Å²) in [6.45, 7) is 5.84. The molecule has 1 heterocycles. The van der Waals surface area contributed by atoms with Gasteiger partial charge >= 0.3 is 6.18 Å². The minimum Gasteiger partial charge on any atom is -0.227 e. The monoisotopic (exact) mass is 358 g/mol. The Morgan fingerprint density at radius 3 is 2.19 bits per heavy atom. The van der Waals surface area contributed by atoms with Crippen LogP contribution in [0.5, 0.6) is 0 Å². The molecule has 1 aromatic heterocycles. The van der Waals surface area contributed by atoms with Gasteiger partial charge in [-0.3, -0.25) is 0 Å². The second-order valence-electron chi connectivity index (χ2n) is 5.70. The van der Waals surface area contributed by atoms with Crippen molar-refractivity contribution in [2.75, 3.05) is 0 Å². The summed E-state index contributed by atoms with van der Waals surface area (Å²) in [6, 6.07) is 7.02. The lowest BCUT2D eigenvalue weighted by Gasteiger charge is -2.19. The van der Waals surface area contributed by atoms with Gasteiger partial charge in [0.15, 0.2) is 4.73 Å². The van der Waals surface area contributed by atoms with Gasteiger partial charge in [-0.2, -0.15) is 13.2 Å². The van der Waals surface area contributed by atoms with Crippen molar-refractivity contribution in [3.63, 3.8) is 0 Å². The van der Waals surface area contributed by atoms with E-state index in [0.29, 0.717) is 5.69 Å². The molecule has 0 bridgehead atoms. The first-order chi connectivity index (χ1) is 9.59. The Morgan fingerprint density at radius 1 is 1.00 bits per heavy atom. The second kappa shape index (κ2) is 5.40. The Balaban J connectivity index is 2.66. The molecule has 6 heteroatoms. The molecule has 0 spiro atoms. The molecule has 0 aliphatic rings. The molecule has 0 fully saturated rings. The number of halogens is 4. The first-order valence-electron chi connectivity index (χ1n) is 6.31. The molecule has 21 heavy (non-hydrogen) atoms. The zero-order chi connectivity index (χ0) is 15.8. The van der Waals surface area contributed by atoms with Gasteiger partial charge in [0.25, 0.3) is 0 Å². The molecule has 0 unspecified atom stereocenters. The fourth-order valence-corrected chi connectivity index (χ4v) is 2.28. The second-order valence-corrected chi connectivity index (χ2v) is 6.41. The summed E-state index contributed by atoms with van der Waals surface area (Å²) in [7, 11) is 0. The SMILES string of the molecule is CC(C)(C)c1cc(-c2ccccc2C(F)(F)F)nc(Br)n1. The lowest BCUT2D eigenvalue weighted by molar-refractivity contribution is -0.137. The molecule has 0 N–H and O–H groups in total. The van der Waals surface area contributed by atoms with Crippen LogP contribution in [0.25, 0.3) is 11.3 Å². The number of rotatable bonds is 1. The molecular weight excluding hydrogens is 345 g/mol. The van der Waals surface area contributed by atoms with Crippen LogP contribution in [0, 0.1) is 0 Å². The molecule has 2 rings (SSSR count). The fourth-order valence-electron chi connectivity index (χ4n) is 1.89. The van der Waals surface area contributed by atoms with Crippen molar-refractivity contribution in [2.45, 2.75) is 32.4 Å². The van der Waals surface area contributed by atoms with E-state index >= 15 is 0 Å². The Morgan fingerprint density at radius 2 is 1.62 bits per heavy atom. The van der Waals surface area contributed by atoms with E-state index in [0.717, 1.165) is 6.07 Å². The Labute approximate surface area is 129 Å². The maximum absolute atomic E-state index is 13.1. The number of benzene rings is 1. The van der Waals surface area contributed by atoms with Gasteiger partial charge in [-0.1, -0.05) is 39.0 Å². The largest absolute Gasteiger partial charge is 0.417 e. The Bertz CT molecular complexity index is 661. The van der Waals surface area contributed by atoms with Crippen LogP contribution in [-0.2, 0) is 11.6 Å². The van der Waals surface area contributed by atoms with Crippen LogP contribution in [0.15, 0.2) is 35.1 Å². The van der Waals surface area contributed by atoms with Gasteiger partial charge in [0.05, 0.1) is 17.0 Å². The number of nitrogens with zero attached hydrogens (tertiary/aromatic N) is 2. The van der Waals surface area contributed by atoms with E-state index in [1.54, 1.807) is 12.1 Å². The van der Waals surface area contributed by atoms with E-state index < -0.39 is 11.7 Å². The van der Waals surface area contributed by atoms with Crippen molar-refractivity contribution in [3.8, 4) is 11.3 Å². The van der Waals surface area contributed by atoms with E-state index in [1.165, 1.54) is 12.1 Å². The van der Waals surface area contributed by atoms with Gasteiger partial charge in [0, 0.05) is 11.0 Å². The van der Waals surface area contributed by atoms with Gasteiger partial charge in [0.1, 0.15) is 0 Å². The molecule has 1 aromatic carbocycles. The van der Waals surface area contributed by atoms with E-state index in [1.807, 2.05) is 20.8 Å². The highest BCUT2D eigenvalue weighted by atomic mass is 79.9. The number of alkyl halides is 3. The smallest absolute Gasteiger partial charge is 0.227 e. The molecule has 2 nitrogen and oxygen atoms in total. The number of aromatic nitrogens is 2. The fraction of sp³-hybridized carbons (Fsp3) is 0.333. The minimum absolute atomic E-state index is 0.0543. The molecule has 0 radical (unpaired) electrons. The lowest BCUT2D eigenvalue weighted by Crippen LogP contribution is -2.15. The van der Waals surface area contributed by atoms with Crippen molar-refractivity contribution >= 4 is 15.9 Å². The quantitative estimate of drug-likeness (QED) is 0.653. The average Bonchev–Trinajstić information content (AvgIpc) is 2.36. The lowest BCUT2D eigenvalue weighted by atomic mass is 9.90. The van der Waals surface area contributed by atoms with Crippen molar-refractivity contribution in [3.05, 3.63) is 46.3 Å². The maximum atomic E-state index is 13.1. The third-order valence-electron chi connectivity index (χ3n) is 2.98. The summed E-state index contributed by atoms with van der Waals surface area (Å²) in [6.07, 6.45) is -4.42. The molecule has 112 valence electrons. The first kappa shape index (κ1) is 15.9. The van der Waals surface area contributed by atoms with Gasteiger partial charge in [-0.15, -0.1) is 0 Å². The van der Waals surface area contributed by atoms with E-state index in [9.17, 15) is 13.2 Å². The topological polar surface area (TPSA) is 25.8 Å². The van der Waals surface area contributed by atoms with Crippen LogP contribution in [0.3, 0.4) is 0 Å². The van der Waals surface area contributed by atoms with Gasteiger partial charge in [-0.05, 0) is 28.1 Å². The highest BCUT2D eigenvalue weighted by molar-refractivity contribution is 9.10. The summed E-state index contributed by atoms with van der Waals surface area (Å²) < 4.78 is 39.6. The summed E-state index contributed by atoms with van der Waals surface area (Å²) in [4.78, 5) is 8.34. The molecule has 0 aliphatic carbocycles. The third-order valence-corrected chi connectivity index (χ3v) is 3.33. The molecule has 0 amide bonds. The normalized spacial score (nSPS) is 12.5. The first-order valence-corrected chi connectivity index (χ1v) is 7.10. The predicted molar refractivity (Wildman–Crippen MR) is 78.9 cm³/mol. The van der Waals surface area contributed by atoms with Crippen molar-refractivity contribution < 1.29 is 13.2 Å². The van der Waals surface area contributed by atoms with E-state index in [4.69, 9.17) is 0 Å². The van der Waals surface area contributed by atoms with E-state index in [2.05, 4.69) is 25.9 Å². The molecule has 0 saturated heterocycles. The average molecular weight is 359 g/mol. The predicted octanol–water partition coefficient (Wildman–Crippen LogP) is 5.22. The molecule has 0 atom stereocenters. The minimum atomic E-state index is -4.42. The standard InChI is InChI=1S/C15H14BrF3N2/c1-14(2,3)12-8-11(20-13(16)21-12)9-6-4-5-7-10(9)15(17,18)19/h4-8H,1-3H3. The van der Waals surface area contributed by atoms with Crippen LogP contribution >= 0.6 is 15.9 Å². The summed E-state index contributed by atoms with van der Waals surface area (Å²) in [5, 5.41) is 0. The summed E-state index contributed by atoms with van der Waals surface area (Å²) in [5.41, 5.74) is 0.00745. The van der Waals surface area contributed by atoms with Gasteiger partial charge in [0.2, 0.25) is 0 Å². The molecule has 2 aromatic rings. The summed E-state index contributed by atoms with van der Waals surface area (Å²) >= 11 is 3.17. The molecule has 0 saturated carbocycles. The number of hydrogen-bond acceptors (Lipinski definition) is 2. The highest BCUT2D eigenvalue weighted by Crippen LogP contribution is 2.37. The van der Waals surface area contributed by atoms with Crippen LogP contribution in [0.4, 0.5) is 13.2 Å². The van der Waals surface area contributed by atoms with Crippen molar-refractivity contribution in [1.82, 2.24) is 9.97 Å². The van der Waals surface area contributed by atoms with Crippen molar-refractivity contribution in [1.29, 1.82) is 0 Å². The van der Waals surface area contributed by atoms with Crippen LogP contribution in [-0.4, -0.2) is 9.97 Å². The van der Waals surface area contributed by atoms with Crippen LogP contribution in [0.1, 0.15) is 32.0 Å². The Hall–Kier alpha value is -1.43. The van der Waals surface area contributed by atoms with Crippen LogP contribution in [0.2, 0.25) is 0 Å². The van der Waals surface area contributed by atoms with Gasteiger partial charge < -0.3 is 0 Å². The van der Waals surface area contributed by atoms with Gasteiger partial charge in [-0.25, -0.2) is 9.97 Å². The molecule has 0 aliphatic heterocycles. The number of hydrogen-bond donors (Lipinski definition) is 0. The zero-order valence-corrected chi connectivity index (χ0v) is 13.4. The maximum Gasteiger partial charge on any atom is 0.417 e. The van der Waals surface area contributed by atoms with Crippen LogP contribution < -0.4 is 0 Å². The molecular formula is C15H14BrF3N2. The zero-order valence-electron chi connectivity index (χ0n) is 11.8. The highest BCUT2D eigenvalue weighted by Gasteiger charge is 2.34. The van der Waals surface area contributed by atoms with E-state index in [-0.39, 0.29) is 21.4 Å².